The Morgan fingerprint density at radius 2 is 1.95 bits per heavy atom. The molecule has 0 aliphatic heterocycles. The molecule has 1 aromatic heterocycles. The predicted molar refractivity (Wildman–Crippen MR) is 84.6 cm³/mol. The van der Waals surface area contributed by atoms with Crippen molar-refractivity contribution in [1.82, 2.24) is 15.1 Å². The summed E-state index contributed by atoms with van der Waals surface area (Å²) in [4.78, 5) is 11.1. The third-order valence-electron chi connectivity index (χ3n) is 3.72. The highest BCUT2D eigenvalue weighted by molar-refractivity contribution is 5.41. The molecule has 1 unspecified atom stereocenters. The van der Waals surface area contributed by atoms with Gasteiger partial charge in [0.05, 0.1) is 4.92 Å². The summed E-state index contributed by atoms with van der Waals surface area (Å²) in [7, 11) is 0. The number of nitrogens with one attached hydrogen (secondary N) is 1. The van der Waals surface area contributed by atoms with Crippen molar-refractivity contribution >= 4 is 5.69 Å². The molecule has 0 aromatic carbocycles. The van der Waals surface area contributed by atoms with Crippen LogP contribution in [0.3, 0.4) is 0 Å². The molecule has 1 rings (SSSR count). The maximum Gasteiger partial charge on any atom is 0.313 e. The van der Waals surface area contributed by atoms with E-state index in [-0.39, 0.29) is 28.1 Å². The van der Waals surface area contributed by atoms with Crippen molar-refractivity contribution in [3.63, 3.8) is 0 Å². The molecule has 6 heteroatoms. The van der Waals surface area contributed by atoms with Crippen molar-refractivity contribution in [2.75, 3.05) is 6.54 Å². The molecular weight excluding hydrogens is 268 g/mol. The Kier molecular flexibility index (Phi) is 5.50. The third-order valence-corrected chi connectivity index (χ3v) is 3.72. The number of aryl methyl sites for hydroxylation is 1. The van der Waals surface area contributed by atoms with E-state index in [1.807, 2.05) is 13.8 Å². The number of nitrogens with zero attached hydrogens (tertiary/aromatic N) is 3. The van der Waals surface area contributed by atoms with Crippen LogP contribution < -0.4 is 5.32 Å². The van der Waals surface area contributed by atoms with Crippen LogP contribution in [0.15, 0.2) is 0 Å². The summed E-state index contributed by atoms with van der Waals surface area (Å²) in [5, 5.41) is 19.2. The van der Waals surface area contributed by atoms with E-state index in [2.05, 4.69) is 38.1 Å². The standard InChI is InChI=1S/C15H28N4O2/c1-8-16-13(15(5,6)7)9-12-14(19(20)21)11(4)17-18(12)10(2)3/h10,13,16H,8-9H2,1-7H3. The maximum absolute atomic E-state index is 11.4. The fourth-order valence-corrected chi connectivity index (χ4v) is 2.57. The molecule has 21 heavy (non-hydrogen) atoms. The average Bonchev–Trinajstić information content (AvgIpc) is 2.64. The van der Waals surface area contributed by atoms with Crippen LogP contribution in [0.2, 0.25) is 0 Å². The third kappa shape index (κ3) is 4.03. The SMILES string of the molecule is CCNC(Cc1c([N+](=O)[O-])c(C)nn1C(C)C)C(C)(C)C. The minimum absolute atomic E-state index is 0.0177. The summed E-state index contributed by atoms with van der Waals surface area (Å²) in [6.07, 6.45) is 0.604. The van der Waals surface area contributed by atoms with Gasteiger partial charge in [-0.05, 0) is 32.7 Å². The fourth-order valence-electron chi connectivity index (χ4n) is 2.57. The highest BCUT2D eigenvalue weighted by Gasteiger charge is 2.32. The molecule has 0 bridgehead atoms. The molecule has 0 aliphatic carbocycles. The van der Waals surface area contributed by atoms with Gasteiger partial charge in [-0.3, -0.25) is 14.8 Å². The van der Waals surface area contributed by atoms with Gasteiger partial charge < -0.3 is 5.32 Å². The molecule has 120 valence electrons. The van der Waals surface area contributed by atoms with Gasteiger partial charge >= 0.3 is 5.69 Å². The number of hydrogen-bond donors (Lipinski definition) is 1. The summed E-state index contributed by atoms with van der Waals surface area (Å²) in [5.74, 6) is 0. The number of rotatable bonds is 6. The fraction of sp³-hybridized carbons (Fsp3) is 0.800. The molecule has 0 radical (unpaired) electrons. The Hall–Kier alpha value is -1.43. The van der Waals surface area contributed by atoms with Crippen LogP contribution in [0.5, 0.6) is 0 Å². The van der Waals surface area contributed by atoms with Crippen LogP contribution in [-0.4, -0.2) is 27.3 Å². The van der Waals surface area contributed by atoms with Crippen LogP contribution >= 0.6 is 0 Å². The van der Waals surface area contributed by atoms with Gasteiger partial charge in [0.25, 0.3) is 0 Å². The zero-order valence-electron chi connectivity index (χ0n) is 14.2. The highest BCUT2D eigenvalue weighted by atomic mass is 16.6. The molecule has 0 spiro atoms. The molecule has 1 heterocycles. The van der Waals surface area contributed by atoms with E-state index in [1.165, 1.54) is 0 Å². The van der Waals surface area contributed by atoms with Crippen molar-refractivity contribution in [2.24, 2.45) is 5.41 Å². The van der Waals surface area contributed by atoms with Crippen molar-refractivity contribution < 1.29 is 4.92 Å². The number of hydrogen-bond acceptors (Lipinski definition) is 4. The second-order valence-corrected chi connectivity index (χ2v) is 6.86. The first kappa shape index (κ1) is 17.6. The van der Waals surface area contributed by atoms with Gasteiger partial charge in [0.2, 0.25) is 0 Å². The van der Waals surface area contributed by atoms with E-state index < -0.39 is 0 Å². The van der Waals surface area contributed by atoms with E-state index >= 15 is 0 Å². The Balaban J connectivity index is 3.29. The summed E-state index contributed by atoms with van der Waals surface area (Å²) < 4.78 is 1.80. The minimum Gasteiger partial charge on any atom is -0.313 e. The van der Waals surface area contributed by atoms with Gasteiger partial charge in [-0.15, -0.1) is 0 Å². The second-order valence-electron chi connectivity index (χ2n) is 6.86. The minimum atomic E-state index is -0.303. The Morgan fingerprint density at radius 3 is 2.33 bits per heavy atom. The molecular formula is C15H28N4O2. The lowest BCUT2D eigenvalue weighted by Crippen LogP contribution is -2.42. The van der Waals surface area contributed by atoms with E-state index in [9.17, 15) is 10.1 Å². The summed E-state index contributed by atoms with van der Waals surface area (Å²) >= 11 is 0. The highest BCUT2D eigenvalue weighted by Crippen LogP contribution is 2.30. The zero-order chi connectivity index (χ0) is 16.4. The predicted octanol–water partition coefficient (Wildman–Crippen LogP) is 3.25. The largest absolute Gasteiger partial charge is 0.313 e. The summed E-state index contributed by atoms with van der Waals surface area (Å²) in [6.45, 7) is 15.0. The lowest BCUT2D eigenvalue weighted by molar-refractivity contribution is -0.386. The molecule has 0 amide bonds. The Bertz CT molecular complexity index is 501. The van der Waals surface area contributed by atoms with Crippen molar-refractivity contribution in [1.29, 1.82) is 0 Å². The maximum atomic E-state index is 11.4. The van der Waals surface area contributed by atoms with E-state index in [1.54, 1.807) is 11.6 Å². The first-order valence-corrected chi connectivity index (χ1v) is 7.55. The summed E-state index contributed by atoms with van der Waals surface area (Å²) in [6, 6.07) is 0.268. The number of likely N-dealkylation sites (N-methyl/N-ethyl adjacent to an activating group) is 1. The molecule has 1 atom stereocenters. The smallest absolute Gasteiger partial charge is 0.313 e. The van der Waals surface area contributed by atoms with Crippen molar-refractivity contribution in [3.8, 4) is 0 Å². The van der Waals surface area contributed by atoms with Crippen LogP contribution in [0.4, 0.5) is 5.69 Å². The average molecular weight is 296 g/mol. The lowest BCUT2D eigenvalue weighted by atomic mass is 9.83. The van der Waals surface area contributed by atoms with E-state index in [0.29, 0.717) is 17.8 Å². The first-order chi connectivity index (χ1) is 9.59. The molecule has 6 nitrogen and oxygen atoms in total. The summed E-state index contributed by atoms with van der Waals surface area (Å²) in [5.41, 5.74) is 1.39. The topological polar surface area (TPSA) is 73.0 Å². The van der Waals surface area contributed by atoms with E-state index in [4.69, 9.17) is 0 Å². The first-order valence-electron chi connectivity index (χ1n) is 7.55. The molecule has 1 N–H and O–H groups in total. The monoisotopic (exact) mass is 296 g/mol. The molecule has 0 saturated heterocycles. The van der Waals surface area contributed by atoms with Gasteiger partial charge in [0.1, 0.15) is 11.4 Å². The van der Waals surface area contributed by atoms with Crippen molar-refractivity contribution in [3.05, 3.63) is 21.5 Å². The Morgan fingerprint density at radius 1 is 1.38 bits per heavy atom. The molecule has 0 saturated carbocycles. The molecule has 1 aromatic rings. The number of nitro groups is 1. The Labute approximate surface area is 127 Å². The molecule has 0 fully saturated rings. The normalized spacial score (nSPS) is 13.7. The van der Waals surface area contributed by atoms with Gasteiger partial charge in [-0.25, -0.2) is 0 Å². The van der Waals surface area contributed by atoms with E-state index in [0.717, 1.165) is 6.54 Å². The molecule has 0 aliphatic rings. The van der Waals surface area contributed by atoms with Crippen LogP contribution in [-0.2, 0) is 6.42 Å². The van der Waals surface area contributed by atoms with Crippen molar-refractivity contribution in [2.45, 2.75) is 67.0 Å². The van der Waals surface area contributed by atoms with Gasteiger partial charge in [-0.1, -0.05) is 27.7 Å². The number of aromatic nitrogens is 2. The van der Waals surface area contributed by atoms with Crippen LogP contribution in [0, 0.1) is 22.5 Å². The second kappa shape index (κ2) is 6.56. The van der Waals surface area contributed by atoms with Gasteiger partial charge in [-0.2, -0.15) is 5.10 Å². The van der Waals surface area contributed by atoms with Crippen LogP contribution in [0.25, 0.3) is 0 Å². The lowest BCUT2D eigenvalue weighted by Gasteiger charge is -2.31. The van der Waals surface area contributed by atoms with Crippen LogP contribution in [0.1, 0.15) is 59.0 Å². The zero-order valence-corrected chi connectivity index (χ0v) is 14.2. The van der Waals surface area contributed by atoms with Gasteiger partial charge in [0.15, 0.2) is 0 Å². The quantitative estimate of drug-likeness (QED) is 0.646. The van der Waals surface area contributed by atoms with Gasteiger partial charge in [0, 0.05) is 18.5 Å².